The summed E-state index contributed by atoms with van der Waals surface area (Å²) in [6.45, 7) is 0.401. The monoisotopic (exact) mass is 271 g/mol. The van der Waals surface area contributed by atoms with E-state index in [-0.39, 0.29) is 5.02 Å². The fraction of sp³-hybridized carbons (Fsp3) is 0.667. The van der Waals surface area contributed by atoms with E-state index in [1.807, 2.05) is 0 Å². The molecule has 6 heteroatoms. The van der Waals surface area contributed by atoms with Crippen molar-refractivity contribution in [3.63, 3.8) is 0 Å². The van der Waals surface area contributed by atoms with Crippen LogP contribution < -0.4 is 10.9 Å². The molecule has 1 aliphatic carbocycles. The Hall–Kier alpha value is -1.07. The van der Waals surface area contributed by atoms with Crippen LogP contribution in [-0.2, 0) is 0 Å². The van der Waals surface area contributed by atoms with Crippen molar-refractivity contribution in [3.8, 4) is 0 Å². The summed E-state index contributed by atoms with van der Waals surface area (Å²) in [5, 5.41) is 19.5. The molecule has 0 radical (unpaired) electrons. The molecule has 0 bridgehead atoms. The summed E-state index contributed by atoms with van der Waals surface area (Å²) in [5.74, 6) is 0. The Balaban J connectivity index is 2.02. The lowest BCUT2D eigenvalue weighted by molar-refractivity contribution is 0.0381. The van der Waals surface area contributed by atoms with Gasteiger partial charge in [-0.05, 0) is 12.8 Å². The third-order valence-corrected chi connectivity index (χ3v) is 3.81. The molecule has 5 nitrogen and oxygen atoms in total. The van der Waals surface area contributed by atoms with Gasteiger partial charge in [-0.2, -0.15) is 5.10 Å². The Bertz CT molecular complexity index is 453. The number of hydrogen-bond donors (Lipinski definition) is 3. The first-order valence-corrected chi connectivity index (χ1v) is 6.68. The van der Waals surface area contributed by atoms with Gasteiger partial charge in [0.1, 0.15) is 5.02 Å². The zero-order chi connectivity index (χ0) is 13.0. The molecule has 1 aromatic rings. The van der Waals surface area contributed by atoms with E-state index in [9.17, 15) is 9.90 Å². The Morgan fingerprint density at radius 1 is 1.39 bits per heavy atom. The molecule has 0 aromatic carbocycles. The highest BCUT2D eigenvalue weighted by Crippen LogP contribution is 2.27. The minimum atomic E-state index is -0.706. The van der Waals surface area contributed by atoms with Crippen molar-refractivity contribution < 1.29 is 5.11 Å². The van der Waals surface area contributed by atoms with Gasteiger partial charge in [-0.1, -0.05) is 37.3 Å². The Labute approximate surface area is 111 Å². The molecule has 1 aliphatic rings. The summed E-state index contributed by atoms with van der Waals surface area (Å²) in [7, 11) is 0. The number of aromatic nitrogens is 2. The molecule has 0 amide bonds. The molecule has 0 atom stereocenters. The van der Waals surface area contributed by atoms with Gasteiger partial charge in [0, 0.05) is 6.54 Å². The minimum Gasteiger partial charge on any atom is -0.388 e. The van der Waals surface area contributed by atoms with Crippen molar-refractivity contribution in [2.75, 3.05) is 11.9 Å². The van der Waals surface area contributed by atoms with Crippen LogP contribution in [0.2, 0.25) is 5.02 Å². The molecule has 2 rings (SSSR count). The van der Waals surface area contributed by atoms with Gasteiger partial charge in [-0.25, -0.2) is 5.10 Å². The second-order valence-electron chi connectivity index (χ2n) is 4.92. The van der Waals surface area contributed by atoms with Crippen LogP contribution in [0.15, 0.2) is 11.0 Å². The first-order valence-electron chi connectivity index (χ1n) is 6.30. The van der Waals surface area contributed by atoms with E-state index in [1.165, 1.54) is 19.0 Å². The van der Waals surface area contributed by atoms with Gasteiger partial charge in [0.2, 0.25) is 0 Å². The lowest BCUT2D eigenvalue weighted by Crippen LogP contribution is -2.36. The van der Waals surface area contributed by atoms with E-state index < -0.39 is 11.2 Å². The Morgan fingerprint density at radius 2 is 2.06 bits per heavy atom. The predicted octanol–water partition coefficient (Wildman–Crippen LogP) is 1.92. The van der Waals surface area contributed by atoms with Gasteiger partial charge in [-0.3, -0.25) is 4.79 Å². The van der Waals surface area contributed by atoms with Crippen molar-refractivity contribution in [2.45, 2.75) is 44.1 Å². The molecule has 18 heavy (non-hydrogen) atoms. The average Bonchev–Trinajstić information content (AvgIpc) is 2.57. The second kappa shape index (κ2) is 5.71. The van der Waals surface area contributed by atoms with E-state index in [2.05, 4.69) is 15.5 Å². The Morgan fingerprint density at radius 3 is 2.72 bits per heavy atom. The van der Waals surface area contributed by atoms with Crippen molar-refractivity contribution in [2.24, 2.45) is 0 Å². The van der Waals surface area contributed by atoms with Crippen LogP contribution in [0, 0.1) is 0 Å². The molecule has 0 spiro atoms. The summed E-state index contributed by atoms with van der Waals surface area (Å²) in [6, 6.07) is 0. The van der Waals surface area contributed by atoms with Gasteiger partial charge in [0.15, 0.2) is 0 Å². The van der Waals surface area contributed by atoms with Gasteiger partial charge < -0.3 is 10.4 Å². The average molecular weight is 272 g/mol. The Kier molecular flexibility index (Phi) is 4.24. The highest BCUT2D eigenvalue weighted by Gasteiger charge is 2.27. The number of H-pyrrole nitrogens is 1. The van der Waals surface area contributed by atoms with E-state index in [0.717, 1.165) is 25.7 Å². The number of hydrogen-bond acceptors (Lipinski definition) is 4. The summed E-state index contributed by atoms with van der Waals surface area (Å²) in [4.78, 5) is 11.3. The number of aliphatic hydroxyl groups is 1. The minimum absolute atomic E-state index is 0.0854. The summed E-state index contributed by atoms with van der Waals surface area (Å²) in [6.07, 6.45) is 7.47. The SMILES string of the molecule is O=c1[nH]ncc(NCC2(O)CCCCCC2)c1Cl. The standard InChI is InChI=1S/C12H18ClN3O2/c13-10-9(7-15-16-11(10)17)14-8-12(18)5-3-1-2-4-6-12/h7,18H,1-6,8H2,(H2,14,16,17). The molecule has 1 aromatic heterocycles. The van der Waals surface area contributed by atoms with Crippen LogP contribution in [0.5, 0.6) is 0 Å². The molecule has 100 valence electrons. The van der Waals surface area contributed by atoms with Crippen molar-refractivity contribution in [1.29, 1.82) is 0 Å². The number of aromatic amines is 1. The van der Waals surface area contributed by atoms with Crippen molar-refractivity contribution in [3.05, 3.63) is 21.6 Å². The maximum absolute atomic E-state index is 11.3. The van der Waals surface area contributed by atoms with Crippen LogP contribution in [0.3, 0.4) is 0 Å². The zero-order valence-corrected chi connectivity index (χ0v) is 11.0. The third-order valence-electron chi connectivity index (χ3n) is 3.44. The van der Waals surface area contributed by atoms with E-state index in [1.54, 1.807) is 0 Å². The molecule has 0 saturated heterocycles. The van der Waals surface area contributed by atoms with Crippen molar-refractivity contribution in [1.82, 2.24) is 10.2 Å². The highest BCUT2D eigenvalue weighted by molar-refractivity contribution is 6.32. The lowest BCUT2D eigenvalue weighted by Gasteiger charge is -2.27. The van der Waals surface area contributed by atoms with Crippen LogP contribution in [0.4, 0.5) is 5.69 Å². The molecule has 1 saturated carbocycles. The predicted molar refractivity (Wildman–Crippen MR) is 71.0 cm³/mol. The van der Waals surface area contributed by atoms with Gasteiger partial charge >= 0.3 is 0 Å². The maximum Gasteiger partial charge on any atom is 0.285 e. The molecule has 0 aliphatic heterocycles. The molecule has 1 heterocycles. The topological polar surface area (TPSA) is 78.0 Å². The summed E-state index contributed by atoms with van der Waals surface area (Å²) in [5.41, 5.74) is -0.657. The molecule has 0 unspecified atom stereocenters. The normalized spacial score (nSPS) is 19.2. The quantitative estimate of drug-likeness (QED) is 0.734. The lowest BCUT2D eigenvalue weighted by atomic mass is 9.94. The van der Waals surface area contributed by atoms with Crippen LogP contribution in [0.1, 0.15) is 38.5 Å². The molecular weight excluding hydrogens is 254 g/mol. The summed E-state index contributed by atoms with van der Waals surface area (Å²) >= 11 is 5.86. The van der Waals surface area contributed by atoms with Crippen LogP contribution in [-0.4, -0.2) is 27.4 Å². The molecular formula is C12H18ClN3O2. The second-order valence-corrected chi connectivity index (χ2v) is 5.30. The number of halogens is 1. The van der Waals surface area contributed by atoms with Gasteiger partial charge in [0.25, 0.3) is 5.56 Å². The van der Waals surface area contributed by atoms with Gasteiger partial charge in [-0.15, -0.1) is 0 Å². The third kappa shape index (κ3) is 3.23. The largest absolute Gasteiger partial charge is 0.388 e. The maximum atomic E-state index is 11.3. The van der Waals surface area contributed by atoms with Crippen LogP contribution in [0.25, 0.3) is 0 Å². The fourth-order valence-corrected chi connectivity index (χ4v) is 2.49. The van der Waals surface area contributed by atoms with Crippen molar-refractivity contribution >= 4 is 17.3 Å². The fourth-order valence-electron chi connectivity index (χ4n) is 2.33. The van der Waals surface area contributed by atoms with Crippen LogP contribution >= 0.6 is 11.6 Å². The number of rotatable bonds is 3. The smallest absolute Gasteiger partial charge is 0.285 e. The zero-order valence-electron chi connectivity index (χ0n) is 10.2. The number of nitrogens with zero attached hydrogens (tertiary/aromatic N) is 1. The van der Waals surface area contributed by atoms with E-state index in [0.29, 0.717) is 12.2 Å². The molecule has 1 fully saturated rings. The number of anilines is 1. The first kappa shape index (κ1) is 13.4. The summed E-state index contributed by atoms with van der Waals surface area (Å²) < 4.78 is 0. The van der Waals surface area contributed by atoms with Gasteiger partial charge in [0.05, 0.1) is 17.5 Å². The highest BCUT2D eigenvalue weighted by atomic mass is 35.5. The molecule has 3 N–H and O–H groups in total. The van der Waals surface area contributed by atoms with E-state index >= 15 is 0 Å². The van der Waals surface area contributed by atoms with E-state index in [4.69, 9.17) is 11.6 Å². The first-order chi connectivity index (χ1) is 8.61. The number of nitrogens with one attached hydrogen (secondary N) is 2.